The first-order chi connectivity index (χ1) is 10.5. The molecule has 2 aliphatic rings. The summed E-state index contributed by atoms with van der Waals surface area (Å²) < 4.78 is 26.2. The Morgan fingerprint density at radius 2 is 1.68 bits per heavy atom. The van der Waals surface area contributed by atoms with Crippen molar-refractivity contribution in [3.05, 3.63) is 57.6 Å². The van der Waals surface area contributed by atoms with E-state index in [9.17, 15) is 8.42 Å². The summed E-state index contributed by atoms with van der Waals surface area (Å²) in [5, 5.41) is 0. The molecule has 2 aromatic rings. The molecule has 22 heavy (non-hydrogen) atoms. The molecule has 0 spiro atoms. The molecular weight excluding hydrogens is 292 g/mol. The first-order valence-corrected chi connectivity index (χ1v) is 9.45. The maximum Gasteiger partial charge on any atom is 0.207 e. The highest BCUT2D eigenvalue weighted by Crippen LogP contribution is 2.40. The van der Waals surface area contributed by atoms with Gasteiger partial charge < -0.3 is 0 Å². The second-order valence-electron chi connectivity index (χ2n) is 6.64. The van der Waals surface area contributed by atoms with Crippen LogP contribution in [0.25, 0.3) is 0 Å². The van der Waals surface area contributed by atoms with Gasteiger partial charge in [-0.3, -0.25) is 0 Å². The zero-order valence-corrected chi connectivity index (χ0v) is 13.9. The van der Waals surface area contributed by atoms with E-state index in [1.165, 1.54) is 24.0 Å². The predicted molar refractivity (Wildman–Crippen MR) is 87.3 cm³/mol. The molecule has 0 aromatic heterocycles. The molecular formula is C19H20O2S. The molecule has 0 bridgehead atoms. The summed E-state index contributed by atoms with van der Waals surface area (Å²) in [4.78, 5) is 1.09. The average molecular weight is 312 g/mol. The molecule has 4 rings (SSSR count). The second-order valence-corrected chi connectivity index (χ2v) is 8.49. The third-order valence-corrected chi connectivity index (χ3v) is 7.11. The fourth-order valence-electron chi connectivity index (χ4n) is 4.19. The van der Waals surface area contributed by atoms with Gasteiger partial charge in [-0.05, 0) is 73.4 Å². The quantitative estimate of drug-likeness (QED) is 0.630. The normalized spacial score (nSPS) is 18.3. The maximum atomic E-state index is 13.1. The van der Waals surface area contributed by atoms with Gasteiger partial charge in [0.25, 0.3) is 0 Å². The van der Waals surface area contributed by atoms with Crippen molar-refractivity contribution in [3.8, 4) is 0 Å². The lowest BCUT2D eigenvalue weighted by Crippen LogP contribution is -2.20. The smallest absolute Gasteiger partial charge is 0.207 e. The lowest BCUT2D eigenvalue weighted by molar-refractivity contribution is 0.589. The summed E-state index contributed by atoms with van der Waals surface area (Å²) in [6, 6.07) is 7.90. The van der Waals surface area contributed by atoms with Crippen molar-refractivity contribution < 1.29 is 8.42 Å². The van der Waals surface area contributed by atoms with Gasteiger partial charge in [-0.2, -0.15) is 0 Å². The second kappa shape index (κ2) is 4.69. The van der Waals surface area contributed by atoms with Gasteiger partial charge in [0.05, 0.1) is 9.79 Å². The number of benzene rings is 2. The van der Waals surface area contributed by atoms with Crippen LogP contribution < -0.4 is 0 Å². The number of sulfone groups is 1. The van der Waals surface area contributed by atoms with Crippen molar-refractivity contribution in [2.75, 3.05) is 0 Å². The van der Waals surface area contributed by atoms with Gasteiger partial charge in [0.15, 0.2) is 0 Å². The Bertz CT molecular complexity index is 892. The van der Waals surface area contributed by atoms with Crippen LogP contribution in [0.5, 0.6) is 0 Å². The summed E-state index contributed by atoms with van der Waals surface area (Å²) in [6.07, 6.45) is 5.25. The number of rotatable bonds is 0. The predicted octanol–water partition coefficient (Wildman–Crippen LogP) is 3.92. The van der Waals surface area contributed by atoms with Gasteiger partial charge in [-0.15, -0.1) is 0 Å². The van der Waals surface area contributed by atoms with Gasteiger partial charge in [0.2, 0.25) is 9.84 Å². The number of hydrogen-bond donors (Lipinski definition) is 0. The van der Waals surface area contributed by atoms with E-state index in [4.69, 9.17) is 0 Å². The first kappa shape index (κ1) is 14.0. The Labute approximate surface area is 132 Å². The van der Waals surface area contributed by atoms with Crippen LogP contribution in [-0.2, 0) is 29.1 Å². The number of fused-ring (bicyclic) bond motifs is 4. The zero-order valence-electron chi connectivity index (χ0n) is 13.1. The fraction of sp³-hybridized carbons (Fsp3) is 0.368. The largest absolute Gasteiger partial charge is 0.218 e. The van der Waals surface area contributed by atoms with Gasteiger partial charge in [-0.25, -0.2) is 8.42 Å². The van der Waals surface area contributed by atoms with E-state index in [1.54, 1.807) is 0 Å². The van der Waals surface area contributed by atoms with Crippen LogP contribution in [0.3, 0.4) is 0 Å². The van der Waals surface area contributed by atoms with E-state index in [1.807, 2.05) is 38.1 Å². The van der Waals surface area contributed by atoms with Crippen LogP contribution in [0.15, 0.2) is 34.1 Å². The van der Waals surface area contributed by atoms with Crippen LogP contribution in [-0.4, -0.2) is 8.42 Å². The van der Waals surface area contributed by atoms with E-state index in [0.717, 1.165) is 41.5 Å². The van der Waals surface area contributed by atoms with Crippen molar-refractivity contribution >= 4 is 9.84 Å². The van der Waals surface area contributed by atoms with Crippen LogP contribution >= 0.6 is 0 Å². The van der Waals surface area contributed by atoms with E-state index >= 15 is 0 Å². The molecule has 0 N–H and O–H groups in total. The van der Waals surface area contributed by atoms with E-state index in [2.05, 4.69) is 0 Å². The van der Waals surface area contributed by atoms with Gasteiger partial charge >= 0.3 is 0 Å². The topological polar surface area (TPSA) is 34.1 Å². The van der Waals surface area contributed by atoms with Gasteiger partial charge in [0, 0.05) is 6.42 Å². The minimum atomic E-state index is -3.38. The summed E-state index contributed by atoms with van der Waals surface area (Å²) in [5.41, 5.74) is 6.71. The van der Waals surface area contributed by atoms with Crippen LogP contribution in [0, 0.1) is 13.8 Å². The third kappa shape index (κ3) is 1.88. The summed E-state index contributed by atoms with van der Waals surface area (Å²) in [5.74, 6) is 0. The van der Waals surface area contributed by atoms with E-state index in [-0.39, 0.29) is 0 Å². The fourth-order valence-corrected chi connectivity index (χ4v) is 6.13. The highest BCUT2D eigenvalue weighted by molar-refractivity contribution is 7.91. The van der Waals surface area contributed by atoms with E-state index < -0.39 is 9.84 Å². The van der Waals surface area contributed by atoms with E-state index in [0.29, 0.717) is 9.79 Å². The molecule has 1 aliphatic carbocycles. The highest BCUT2D eigenvalue weighted by atomic mass is 32.2. The van der Waals surface area contributed by atoms with Gasteiger partial charge in [-0.1, -0.05) is 23.8 Å². The van der Waals surface area contributed by atoms with Crippen molar-refractivity contribution in [2.24, 2.45) is 0 Å². The monoisotopic (exact) mass is 312 g/mol. The van der Waals surface area contributed by atoms with Crippen molar-refractivity contribution in [3.63, 3.8) is 0 Å². The van der Waals surface area contributed by atoms with Crippen molar-refractivity contribution in [1.82, 2.24) is 0 Å². The summed E-state index contributed by atoms with van der Waals surface area (Å²) >= 11 is 0. The molecule has 0 unspecified atom stereocenters. The number of aryl methyl sites for hydroxylation is 3. The molecule has 0 fully saturated rings. The minimum Gasteiger partial charge on any atom is -0.218 e. The van der Waals surface area contributed by atoms with Crippen LogP contribution in [0.2, 0.25) is 0 Å². The summed E-state index contributed by atoms with van der Waals surface area (Å²) in [7, 11) is -3.38. The lowest BCUT2D eigenvalue weighted by Gasteiger charge is -2.27. The van der Waals surface area contributed by atoms with Crippen molar-refractivity contribution in [1.29, 1.82) is 0 Å². The number of hydrogen-bond acceptors (Lipinski definition) is 2. The molecule has 2 aromatic carbocycles. The molecule has 0 radical (unpaired) electrons. The molecule has 1 heterocycles. The molecule has 0 saturated heterocycles. The first-order valence-electron chi connectivity index (χ1n) is 7.97. The van der Waals surface area contributed by atoms with Gasteiger partial charge in [0.1, 0.15) is 0 Å². The Balaban J connectivity index is 2.03. The third-order valence-electron chi connectivity index (χ3n) is 5.03. The SMILES string of the molecule is Cc1cc(C)c2c(c1)Cc1c(ccc3c1CCCC3)S2(=O)=O. The minimum absolute atomic E-state index is 0.543. The Morgan fingerprint density at radius 3 is 2.50 bits per heavy atom. The Kier molecular flexibility index (Phi) is 2.99. The van der Waals surface area contributed by atoms with Crippen LogP contribution in [0.4, 0.5) is 0 Å². The molecule has 3 heteroatoms. The molecule has 0 atom stereocenters. The molecule has 1 aliphatic heterocycles. The Morgan fingerprint density at radius 1 is 0.909 bits per heavy atom. The highest BCUT2D eigenvalue weighted by Gasteiger charge is 2.33. The average Bonchev–Trinajstić information content (AvgIpc) is 2.45. The standard InChI is InChI=1S/C19H20O2S/c1-12-9-13(2)19-15(10-12)11-17-16-6-4-3-5-14(16)7-8-18(17)22(19,20)21/h7-10H,3-6,11H2,1-2H3. The molecule has 0 amide bonds. The maximum absolute atomic E-state index is 13.1. The summed E-state index contributed by atoms with van der Waals surface area (Å²) in [6.45, 7) is 3.95. The molecule has 0 saturated carbocycles. The molecule has 2 nitrogen and oxygen atoms in total. The van der Waals surface area contributed by atoms with Crippen molar-refractivity contribution in [2.45, 2.75) is 55.7 Å². The van der Waals surface area contributed by atoms with Crippen LogP contribution in [0.1, 0.15) is 46.2 Å². The zero-order chi connectivity index (χ0) is 15.5. The Hall–Kier alpha value is -1.61. The lowest BCUT2D eigenvalue weighted by atomic mass is 9.85. The molecule has 114 valence electrons.